The fourth-order valence-corrected chi connectivity index (χ4v) is 1.48. The van der Waals surface area contributed by atoms with Gasteiger partial charge in [-0.1, -0.05) is 20.8 Å². The highest BCUT2D eigenvalue weighted by molar-refractivity contribution is 4.59. The lowest BCUT2D eigenvalue weighted by molar-refractivity contribution is 0.158. The minimum Gasteiger partial charge on any atom is -0.393 e. The Labute approximate surface area is 64.5 Å². The van der Waals surface area contributed by atoms with Gasteiger partial charge in [-0.15, -0.1) is 0 Å². The van der Waals surface area contributed by atoms with E-state index in [0.29, 0.717) is 5.92 Å². The molecule has 2 atom stereocenters. The first-order valence-electron chi connectivity index (χ1n) is 4.20. The highest BCUT2D eigenvalue weighted by atomic mass is 16.3. The van der Waals surface area contributed by atoms with Gasteiger partial charge in [-0.2, -0.15) is 0 Å². The molecule has 0 aromatic carbocycles. The van der Waals surface area contributed by atoms with Crippen LogP contribution < -0.4 is 0 Å². The summed E-state index contributed by atoms with van der Waals surface area (Å²) in [6.45, 7) is 8.50. The minimum absolute atomic E-state index is 0.131. The summed E-state index contributed by atoms with van der Waals surface area (Å²) in [7, 11) is 0. The van der Waals surface area contributed by atoms with Crippen molar-refractivity contribution in [2.24, 2.45) is 11.8 Å². The van der Waals surface area contributed by atoms with Gasteiger partial charge in [0.15, 0.2) is 0 Å². The predicted molar refractivity (Wildman–Crippen MR) is 44.9 cm³/mol. The molecule has 1 heteroatoms. The summed E-state index contributed by atoms with van der Waals surface area (Å²) in [5.41, 5.74) is 0. The van der Waals surface area contributed by atoms with Gasteiger partial charge in [0.1, 0.15) is 0 Å². The van der Waals surface area contributed by atoms with Gasteiger partial charge >= 0.3 is 0 Å². The lowest BCUT2D eigenvalue weighted by Gasteiger charge is -2.14. The highest BCUT2D eigenvalue weighted by Crippen LogP contribution is 2.15. The molecule has 0 aliphatic carbocycles. The van der Waals surface area contributed by atoms with E-state index < -0.39 is 0 Å². The van der Waals surface area contributed by atoms with E-state index in [9.17, 15) is 0 Å². The maximum absolute atomic E-state index is 9.04. The number of hydrogen-bond acceptors (Lipinski definition) is 1. The maximum Gasteiger partial charge on any atom is 0.0514 e. The van der Waals surface area contributed by atoms with Crippen molar-refractivity contribution in [1.29, 1.82) is 0 Å². The summed E-state index contributed by atoms with van der Waals surface area (Å²) in [6.07, 6.45) is 2.04. The molecular formula is C9H20O. The van der Waals surface area contributed by atoms with E-state index in [1.54, 1.807) is 0 Å². The van der Waals surface area contributed by atoms with E-state index in [1.807, 2.05) is 6.92 Å². The van der Waals surface area contributed by atoms with Crippen LogP contribution in [-0.4, -0.2) is 11.2 Å². The average molecular weight is 144 g/mol. The molecule has 0 radical (unpaired) electrons. The number of hydrogen-bond donors (Lipinski definition) is 1. The van der Waals surface area contributed by atoms with Gasteiger partial charge in [0.2, 0.25) is 0 Å². The second kappa shape index (κ2) is 4.73. The number of rotatable bonds is 4. The molecule has 0 aliphatic rings. The normalized spacial score (nSPS) is 17.4. The van der Waals surface area contributed by atoms with Gasteiger partial charge < -0.3 is 5.11 Å². The monoisotopic (exact) mass is 144 g/mol. The molecule has 0 saturated carbocycles. The quantitative estimate of drug-likeness (QED) is 0.642. The Hall–Kier alpha value is -0.0400. The van der Waals surface area contributed by atoms with Gasteiger partial charge in [-0.05, 0) is 31.6 Å². The first kappa shape index (κ1) is 9.96. The van der Waals surface area contributed by atoms with Crippen LogP contribution in [0, 0.1) is 11.8 Å². The summed E-state index contributed by atoms with van der Waals surface area (Å²) in [5, 5.41) is 9.04. The molecule has 0 aromatic rings. The van der Waals surface area contributed by atoms with Crippen LogP contribution in [0.2, 0.25) is 0 Å². The second-order valence-corrected chi connectivity index (χ2v) is 3.82. The molecule has 1 nitrogen and oxygen atoms in total. The zero-order valence-electron chi connectivity index (χ0n) is 7.59. The lowest BCUT2D eigenvalue weighted by atomic mass is 9.94. The van der Waals surface area contributed by atoms with Crippen LogP contribution >= 0.6 is 0 Å². The SMILES string of the molecule is CC(C)CC(C)C[C@@H](C)O. The van der Waals surface area contributed by atoms with Gasteiger partial charge in [0, 0.05) is 0 Å². The third-order valence-corrected chi connectivity index (χ3v) is 1.62. The van der Waals surface area contributed by atoms with Gasteiger partial charge in [0.05, 0.1) is 6.10 Å². The summed E-state index contributed by atoms with van der Waals surface area (Å²) in [4.78, 5) is 0. The van der Waals surface area contributed by atoms with Crippen molar-refractivity contribution in [3.05, 3.63) is 0 Å². The molecule has 0 spiro atoms. The van der Waals surface area contributed by atoms with Crippen molar-refractivity contribution in [2.75, 3.05) is 0 Å². The van der Waals surface area contributed by atoms with Crippen molar-refractivity contribution >= 4 is 0 Å². The molecule has 0 aliphatic heterocycles. The Bertz CT molecular complexity index is 66.8. The molecule has 0 amide bonds. The van der Waals surface area contributed by atoms with E-state index in [-0.39, 0.29) is 6.10 Å². The van der Waals surface area contributed by atoms with Crippen LogP contribution in [0.15, 0.2) is 0 Å². The van der Waals surface area contributed by atoms with Crippen LogP contribution in [0.4, 0.5) is 0 Å². The van der Waals surface area contributed by atoms with E-state index in [0.717, 1.165) is 12.3 Å². The Kier molecular flexibility index (Phi) is 4.71. The van der Waals surface area contributed by atoms with E-state index in [1.165, 1.54) is 6.42 Å². The molecule has 10 heavy (non-hydrogen) atoms. The van der Waals surface area contributed by atoms with Crippen molar-refractivity contribution in [3.63, 3.8) is 0 Å². The first-order valence-corrected chi connectivity index (χ1v) is 4.20. The largest absolute Gasteiger partial charge is 0.393 e. The van der Waals surface area contributed by atoms with E-state index in [2.05, 4.69) is 20.8 Å². The summed E-state index contributed by atoms with van der Waals surface area (Å²) in [5.74, 6) is 1.42. The molecule has 0 heterocycles. The molecule has 0 bridgehead atoms. The van der Waals surface area contributed by atoms with E-state index >= 15 is 0 Å². The second-order valence-electron chi connectivity index (χ2n) is 3.82. The van der Waals surface area contributed by atoms with Crippen LogP contribution in [0.25, 0.3) is 0 Å². The van der Waals surface area contributed by atoms with Crippen molar-refractivity contribution in [3.8, 4) is 0 Å². The van der Waals surface area contributed by atoms with Crippen LogP contribution in [0.3, 0.4) is 0 Å². The van der Waals surface area contributed by atoms with Crippen molar-refractivity contribution in [2.45, 2.75) is 46.6 Å². The standard InChI is InChI=1S/C9H20O/c1-7(2)5-8(3)6-9(4)10/h7-10H,5-6H2,1-4H3/t8?,9-/m1/s1. The highest BCUT2D eigenvalue weighted by Gasteiger charge is 2.07. The molecule has 0 aromatic heterocycles. The smallest absolute Gasteiger partial charge is 0.0514 e. The summed E-state index contributed by atoms with van der Waals surface area (Å²) < 4.78 is 0. The molecule has 62 valence electrons. The number of aliphatic hydroxyl groups is 1. The lowest BCUT2D eigenvalue weighted by Crippen LogP contribution is -2.08. The van der Waals surface area contributed by atoms with Gasteiger partial charge in [-0.25, -0.2) is 0 Å². The topological polar surface area (TPSA) is 20.2 Å². The number of aliphatic hydroxyl groups excluding tert-OH is 1. The molecule has 1 unspecified atom stereocenters. The maximum atomic E-state index is 9.04. The van der Waals surface area contributed by atoms with Gasteiger partial charge in [0.25, 0.3) is 0 Å². The molecule has 0 rings (SSSR count). The van der Waals surface area contributed by atoms with Gasteiger partial charge in [-0.3, -0.25) is 0 Å². The Morgan fingerprint density at radius 2 is 1.50 bits per heavy atom. The zero-order chi connectivity index (χ0) is 8.15. The average Bonchev–Trinajstić information content (AvgIpc) is 1.58. The third-order valence-electron chi connectivity index (χ3n) is 1.62. The Balaban J connectivity index is 3.34. The van der Waals surface area contributed by atoms with E-state index in [4.69, 9.17) is 5.11 Å². The van der Waals surface area contributed by atoms with Crippen LogP contribution in [-0.2, 0) is 0 Å². The molecule has 1 N–H and O–H groups in total. The fourth-order valence-electron chi connectivity index (χ4n) is 1.48. The molecular weight excluding hydrogens is 124 g/mol. The zero-order valence-corrected chi connectivity index (χ0v) is 7.59. The summed E-state index contributed by atoms with van der Waals surface area (Å²) in [6, 6.07) is 0. The van der Waals surface area contributed by atoms with Crippen LogP contribution in [0.5, 0.6) is 0 Å². The molecule has 0 saturated heterocycles. The summed E-state index contributed by atoms with van der Waals surface area (Å²) >= 11 is 0. The predicted octanol–water partition coefficient (Wildman–Crippen LogP) is 2.44. The fraction of sp³-hybridized carbons (Fsp3) is 1.00. The third kappa shape index (κ3) is 6.09. The first-order chi connectivity index (χ1) is 4.52. The minimum atomic E-state index is -0.131. The Morgan fingerprint density at radius 3 is 1.80 bits per heavy atom. The van der Waals surface area contributed by atoms with Crippen molar-refractivity contribution in [1.82, 2.24) is 0 Å². The Morgan fingerprint density at radius 1 is 1.00 bits per heavy atom. The van der Waals surface area contributed by atoms with Crippen molar-refractivity contribution < 1.29 is 5.11 Å². The molecule has 0 fully saturated rings. The van der Waals surface area contributed by atoms with Crippen LogP contribution in [0.1, 0.15) is 40.5 Å².